The average Bonchev–Trinajstić information content (AvgIpc) is 3.00. The number of benzene rings is 1. The molecule has 3 amide bonds. The number of hydrogen-bond acceptors (Lipinski definition) is 6. The zero-order valence-electron chi connectivity index (χ0n) is 15.6. The van der Waals surface area contributed by atoms with Crippen molar-refractivity contribution in [3.63, 3.8) is 0 Å². The van der Waals surface area contributed by atoms with Gasteiger partial charge in [-0.15, -0.1) is 0 Å². The lowest BCUT2D eigenvalue weighted by Crippen LogP contribution is -2.49. The molecule has 0 aromatic heterocycles. The van der Waals surface area contributed by atoms with Crippen LogP contribution in [0.2, 0.25) is 0 Å². The number of ether oxygens (including phenoxy) is 1. The van der Waals surface area contributed by atoms with Crippen molar-refractivity contribution in [2.45, 2.75) is 12.8 Å². The normalized spacial score (nSPS) is 18.1. The molecule has 0 spiro atoms. The number of piperazine rings is 1. The highest BCUT2D eigenvalue weighted by Gasteiger charge is 2.30. The van der Waals surface area contributed by atoms with Gasteiger partial charge < -0.3 is 15.0 Å². The summed E-state index contributed by atoms with van der Waals surface area (Å²) < 4.78 is 5.43. The van der Waals surface area contributed by atoms with Crippen LogP contribution >= 0.6 is 0 Å². The molecule has 0 bridgehead atoms. The Bertz CT molecular complexity index is 685. The van der Waals surface area contributed by atoms with Crippen LogP contribution in [0.1, 0.15) is 12.8 Å². The van der Waals surface area contributed by atoms with E-state index in [9.17, 15) is 14.4 Å². The summed E-state index contributed by atoms with van der Waals surface area (Å²) in [6.07, 6.45) is 0.422. The highest BCUT2D eigenvalue weighted by atomic mass is 16.5. The lowest BCUT2D eigenvalue weighted by atomic mass is 10.2. The number of imide groups is 1. The molecule has 2 heterocycles. The molecule has 2 saturated heterocycles. The third-order valence-corrected chi connectivity index (χ3v) is 5.00. The maximum atomic E-state index is 11.9. The van der Waals surface area contributed by atoms with Crippen molar-refractivity contribution >= 4 is 23.4 Å². The van der Waals surface area contributed by atoms with E-state index in [2.05, 4.69) is 21.2 Å². The molecule has 0 saturated carbocycles. The second-order valence-corrected chi connectivity index (χ2v) is 6.72. The maximum absolute atomic E-state index is 11.9. The number of rotatable bonds is 7. The molecular weight excluding hydrogens is 348 g/mol. The van der Waals surface area contributed by atoms with Crippen LogP contribution in [0.25, 0.3) is 0 Å². The van der Waals surface area contributed by atoms with E-state index in [0.29, 0.717) is 6.54 Å². The first kappa shape index (κ1) is 19.2. The van der Waals surface area contributed by atoms with E-state index in [1.54, 1.807) is 7.11 Å². The monoisotopic (exact) mass is 374 g/mol. The fourth-order valence-corrected chi connectivity index (χ4v) is 3.46. The Morgan fingerprint density at radius 2 is 1.74 bits per heavy atom. The van der Waals surface area contributed by atoms with Gasteiger partial charge in [0.15, 0.2) is 0 Å². The minimum Gasteiger partial charge on any atom is -0.495 e. The van der Waals surface area contributed by atoms with Crippen LogP contribution in [0.4, 0.5) is 5.69 Å². The van der Waals surface area contributed by atoms with Gasteiger partial charge in [-0.25, -0.2) is 0 Å². The van der Waals surface area contributed by atoms with Gasteiger partial charge >= 0.3 is 0 Å². The van der Waals surface area contributed by atoms with Crippen molar-refractivity contribution in [3.05, 3.63) is 24.3 Å². The SMILES string of the molecule is COc1ccccc1N1CCN(CCNC(=O)CN2C(=O)CCC2=O)CC1. The van der Waals surface area contributed by atoms with Crippen LogP contribution < -0.4 is 15.0 Å². The Morgan fingerprint density at radius 3 is 2.41 bits per heavy atom. The number of nitrogens with zero attached hydrogens (tertiary/aromatic N) is 3. The first-order valence-corrected chi connectivity index (χ1v) is 9.28. The summed E-state index contributed by atoms with van der Waals surface area (Å²) in [5, 5.41) is 2.80. The number of likely N-dealkylation sites (tertiary alicyclic amines) is 1. The highest BCUT2D eigenvalue weighted by Crippen LogP contribution is 2.28. The fourth-order valence-electron chi connectivity index (χ4n) is 3.46. The Labute approximate surface area is 159 Å². The van der Waals surface area contributed by atoms with Crippen LogP contribution in [0.15, 0.2) is 24.3 Å². The van der Waals surface area contributed by atoms with Gasteiger partial charge in [0.2, 0.25) is 17.7 Å². The molecule has 146 valence electrons. The first-order valence-electron chi connectivity index (χ1n) is 9.28. The molecule has 8 heteroatoms. The molecule has 0 radical (unpaired) electrons. The summed E-state index contributed by atoms with van der Waals surface area (Å²) in [7, 11) is 1.68. The number of anilines is 1. The minimum absolute atomic E-state index is 0.167. The van der Waals surface area contributed by atoms with Crippen molar-refractivity contribution in [2.75, 3.05) is 57.8 Å². The molecule has 3 rings (SSSR count). The van der Waals surface area contributed by atoms with E-state index in [1.165, 1.54) is 0 Å². The number of amides is 3. The van der Waals surface area contributed by atoms with Crippen LogP contribution in [-0.4, -0.2) is 80.4 Å². The van der Waals surface area contributed by atoms with E-state index in [1.807, 2.05) is 18.2 Å². The number of para-hydroxylation sites is 2. The van der Waals surface area contributed by atoms with Crippen molar-refractivity contribution < 1.29 is 19.1 Å². The smallest absolute Gasteiger partial charge is 0.240 e. The Kier molecular flexibility index (Phi) is 6.28. The van der Waals surface area contributed by atoms with Gasteiger partial charge in [-0.05, 0) is 12.1 Å². The van der Waals surface area contributed by atoms with Crippen LogP contribution in [0.3, 0.4) is 0 Å². The van der Waals surface area contributed by atoms with Gasteiger partial charge in [-0.3, -0.25) is 24.2 Å². The number of carbonyl (C=O) groups is 3. The van der Waals surface area contributed by atoms with Gasteiger partial charge in [0.05, 0.1) is 12.8 Å². The second kappa shape index (κ2) is 8.85. The lowest BCUT2D eigenvalue weighted by molar-refractivity contribution is -0.142. The highest BCUT2D eigenvalue weighted by molar-refractivity contribution is 6.04. The van der Waals surface area contributed by atoms with Crippen molar-refractivity contribution in [1.82, 2.24) is 15.1 Å². The summed E-state index contributed by atoms with van der Waals surface area (Å²) >= 11 is 0. The molecule has 1 aromatic carbocycles. The maximum Gasteiger partial charge on any atom is 0.240 e. The molecule has 0 unspecified atom stereocenters. The van der Waals surface area contributed by atoms with Gasteiger partial charge in [-0.1, -0.05) is 12.1 Å². The molecule has 1 N–H and O–H groups in total. The minimum atomic E-state index is -0.286. The molecule has 2 aliphatic heterocycles. The summed E-state index contributed by atoms with van der Waals surface area (Å²) in [6, 6.07) is 8.00. The third-order valence-electron chi connectivity index (χ3n) is 5.00. The number of nitrogens with one attached hydrogen (secondary N) is 1. The van der Waals surface area contributed by atoms with Crippen molar-refractivity contribution in [2.24, 2.45) is 0 Å². The summed E-state index contributed by atoms with van der Waals surface area (Å²) in [5.74, 6) is 0.0701. The Morgan fingerprint density at radius 1 is 1.07 bits per heavy atom. The van der Waals surface area contributed by atoms with Gasteiger partial charge in [0.1, 0.15) is 12.3 Å². The van der Waals surface area contributed by atoms with Crippen molar-refractivity contribution in [3.8, 4) is 5.75 Å². The zero-order chi connectivity index (χ0) is 19.2. The molecule has 2 fully saturated rings. The van der Waals surface area contributed by atoms with E-state index in [-0.39, 0.29) is 37.1 Å². The first-order chi connectivity index (χ1) is 13.1. The lowest BCUT2D eigenvalue weighted by Gasteiger charge is -2.36. The largest absolute Gasteiger partial charge is 0.495 e. The van der Waals surface area contributed by atoms with Crippen LogP contribution in [-0.2, 0) is 14.4 Å². The zero-order valence-corrected chi connectivity index (χ0v) is 15.6. The van der Waals surface area contributed by atoms with Crippen molar-refractivity contribution in [1.29, 1.82) is 0 Å². The summed E-state index contributed by atoms with van der Waals surface area (Å²) in [6.45, 7) is 4.67. The molecule has 27 heavy (non-hydrogen) atoms. The van der Waals surface area contributed by atoms with E-state index >= 15 is 0 Å². The average molecular weight is 374 g/mol. The molecule has 0 aliphatic carbocycles. The summed E-state index contributed by atoms with van der Waals surface area (Å²) in [4.78, 5) is 40.7. The Balaban J connectivity index is 1.38. The quantitative estimate of drug-likeness (QED) is 0.681. The predicted molar refractivity (Wildman–Crippen MR) is 101 cm³/mol. The molecule has 8 nitrogen and oxygen atoms in total. The third kappa shape index (κ3) is 4.77. The molecular formula is C19H26N4O4. The predicted octanol–water partition coefficient (Wildman–Crippen LogP) is 0.0824. The van der Waals surface area contributed by atoms with Gasteiger partial charge in [0, 0.05) is 52.1 Å². The van der Waals surface area contributed by atoms with Gasteiger partial charge in [-0.2, -0.15) is 0 Å². The van der Waals surface area contributed by atoms with E-state index in [4.69, 9.17) is 4.74 Å². The molecule has 0 atom stereocenters. The Hall–Kier alpha value is -2.61. The second-order valence-electron chi connectivity index (χ2n) is 6.72. The fraction of sp³-hybridized carbons (Fsp3) is 0.526. The van der Waals surface area contributed by atoms with Crippen LogP contribution in [0.5, 0.6) is 5.75 Å². The van der Waals surface area contributed by atoms with E-state index < -0.39 is 0 Å². The van der Waals surface area contributed by atoms with Gasteiger partial charge in [0.25, 0.3) is 0 Å². The number of carbonyl (C=O) groups excluding carboxylic acids is 3. The number of methoxy groups -OCH3 is 1. The van der Waals surface area contributed by atoms with Crippen LogP contribution in [0, 0.1) is 0 Å². The topological polar surface area (TPSA) is 82.2 Å². The molecule has 2 aliphatic rings. The standard InChI is InChI=1S/C19H26N4O4/c1-27-16-5-3-2-4-15(16)22-12-10-21(11-13-22)9-8-20-17(24)14-23-18(25)6-7-19(23)26/h2-5H,6-14H2,1H3,(H,20,24). The molecule has 1 aromatic rings. The van der Waals surface area contributed by atoms with E-state index in [0.717, 1.165) is 49.1 Å². The summed E-state index contributed by atoms with van der Waals surface area (Å²) in [5.41, 5.74) is 1.10. The number of hydrogen-bond donors (Lipinski definition) is 1.